The number of carbonyl (C=O) groups is 1. The molecule has 0 radical (unpaired) electrons. The number of benzene rings is 2. The van der Waals surface area contributed by atoms with Crippen LogP contribution in [-0.2, 0) is 5.60 Å². The second kappa shape index (κ2) is 8.42. The number of hydrogen-bond acceptors (Lipinski definition) is 3. The van der Waals surface area contributed by atoms with Crippen LogP contribution < -0.4 is 5.32 Å². The highest BCUT2D eigenvalue weighted by Gasteiger charge is 2.65. The number of fused-ring (bicyclic) bond motifs is 1. The Morgan fingerprint density at radius 2 is 1.73 bits per heavy atom. The van der Waals surface area contributed by atoms with Crippen LogP contribution >= 0.6 is 10.2 Å². The van der Waals surface area contributed by atoms with Gasteiger partial charge in [-0.15, -0.1) is 0 Å². The van der Waals surface area contributed by atoms with E-state index in [0.29, 0.717) is 28.3 Å². The number of halogens is 5. The Balaban J connectivity index is 1.66. The molecule has 1 aromatic heterocycles. The van der Waals surface area contributed by atoms with Gasteiger partial charge >= 0.3 is 10.2 Å². The average Bonchev–Trinajstić information content (AvgIpc) is 3.19. The van der Waals surface area contributed by atoms with Gasteiger partial charge in [-0.05, 0) is 81.7 Å². The lowest BCUT2D eigenvalue weighted by atomic mass is 9.80. The zero-order valence-corrected chi connectivity index (χ0v) is 22.0. The monoisotopic (exact) mass is 545 g/mol. The van der Waals surface area contributed by atoms with Gasteiger partial charge in [-0.1, -0.05) is 39.3 Å². The predicted molar refractivity (Wildman–Crippen MR) is 137 cm³/mol. The molecule has 1 amide bonds. The molecule has 1 saturated carbocycles. The summed E-state index contributed by atoms with van der Waals surface area (Å²) < 4.78 is 68.2. The van der Waals surface area contributed by atoms with Gasteiger partial charge in [0.25, 0.3) is 5.91 Å². The van der Waals surface area contributed by atoms with Crippen LogP contribution in [0.1, 0.15) is 75.3 Å². The molecule has 37 heavy (non-hydrogen) atoms. The van der Waals surface area contributed by atoms with Gasteiger partial charge in [-0.25, -0.2) is 0 Å². The number of aromatic nitrogens is 2. The van der Waals surface area contributed by atoms with Gasteiger partial charge < -0.3 is 10.4 Å². The Morgan fingerprint density at radius 1 is 1.08 bits per heavy atom. The highest BCUT2D eigenvalue weighted by Crippen LogP contribution is 3.02. The van der Waals surface area contributed by atoms with Gasteiger partial charge in [-0.3, -0.25) is 9.48 Å². The summed E-state index contributed by atoms with van der Waals surface area (Å²) in [7, 11) is -9.95. The van der Waals surface area contributed by atoms with E-state index in [-0.39, 0.29) is 23.9 Å². The summed E-state index contributed by atoms with van der Waals surface area (Å²) in [5, 5.41) is 18.6. The van der Waals surface area contributed by atoms with Gasteiger partial charge in [0.2, 0.25) is 0 Å². The Morgan fingerprint density at radius 3 is 2.30 bits per heavy atom. The molecule has 2 aromatic carbocycles. The molecule has 0 bridgehead atoms. The molecule has 11 heteroatoms. The predicted octanol–water partition coefficient (Wildman–Crippen LogP) is 8.56. The molecule has 0 unspecified atom stereocenters. The number of anilines is 1. The highest BCUT2D eigenvalue weighted by molar-refractivity contribution is 8.45. The molecule has 5 nitrogen and oxygen atoms in total. The van der Waals surface area contributed by atoms with Gasteiger partial charge in [0.15, 0.2) is 0 Å². The lowest BCUT2D eigenvalue weighted by Crippen LogP contribution is -2.21. The van der Waals surface area contributed by atoms with Gasteiger partial charge in [0.05, 0.1) is 17.2 Å². The van der Waals surface area contributed by atoms with E-state index in [4.69, 9.17) is 5.10 Å². The van der Waals surface area contributed by atoms with Crippen LogP contribution in [0.4, 0.5) is 25.1 Å². The molecule has 204 valence electrons. The lowest BCUT2D eigenvalue weighted by Gasteiger charge is -2.40. The molecule has 3 aromatic rings. The van der Waals surface area contributed by atoms with Crippen LogP contribution in [-0.4, -0.2) is 20.8 Å². The topological polar surface area (TPSA) is 67.2 Å². The normalized spacial score (nSPS) is 21.1. The van der Waals surface area contributed by atoms with Gasteiger partial charge in [-0.2, -0.15) is 5.10 Å². The highest BCUT2D eigenvalue weighted by atomic mass is 32.5. The maximum Gasteiger partial charge on any atom is 0.310 e. The molecule has 0 saturated heterocycles. The van der Waals surface area contributed by atoms with Crippen LogP contribution in [0, 0.1) is 11.8 Å². The summed E-state index contributed by atoms with van der Waals surface area (Å²) in [6.45, 7) is 7.46. The molecule has 0 spiro atoms. The molecular formula is C26H32F5N3O2S. The van der Waals surface area contributed by atoms with Crippen molar-refractivity contribution in [2.24, 2.45) is 11.8 Å². The number of amides is 1. The molecular weight excluding hydrogens is 513 g/mol. The minimum Gasteiger partial charge on any atom is -0.386 e. The second-order valence-corrected chi connectivity index (χ2v) is 13.3. The lowest BCUT2D eigenvalue weighted by molar-refractivity contribution is 0.0793. The van der Waals surface area contributed by atoms with E-state index in [2.05, 4.69) is 19.2 Å². The van der Waals surface area contributed by atoms with Gasteiger partial charge in [0, 0.05) is 28.4 Å². The number of hydrogen-bond donors (Lipinski definition) is 2. The van der Waals surface area contributed by atoms with E-state index < -0.39 is 32.2 Å². The van der Waals surface area contributed by atoms with E-state index in [9.17, 15) is 29.3 Å². The number of rotatable bonds is 6. The first kappa shape index (κ1) is 27.4. The van der Waals surface area contributed by atoms with E-state index in [1.807, 2.05) is 10.9 Å². The summed E-state index contributed by atoms with van der Waals surface area (Å²) in [6, 6.07) is 5.63. The SMILES string of the molecule is CC(C)C1CCC(n2cc3cc(NC(=O)c4cccc(S(F)(F)(F)(F)F)c4)c(C(C)(C)O)cc3n2)CC1. The third kappa shape index (κ3) is 6.09. The van der Waals surface area contributed by atoms with Crippen LogP contribution in [0.15, 0.2) is 47.5 Å². The van der Waals surface area contributed by atoms with Crippen molar-refractivity contribution < 1.29 is 29.3 Å². The molecule has 0 aliphatic heterocycles. The summed E-state index contributed by atoms with van der Waals surface area (Å²) in [4.78, 5) is 10.7. The number of nitrogens with zero attached hydrogens (tertiary/aromatic N) is 2. The maximum absolute atomic E-state index is 13.3. The fraction of sp³-hybridized carbons (Fsp3) is 0.462. The van der Waals surface area contributed by atoms with E-state index >= 15 is 0 Å². The summed E-state index contributed by atoms with van der Waals surface area (Å²) in [5.74, 6) is 0.304. The Bertz CT molecular complexity index is 1340. The molecule has 1 aliphatic rings. The van der Waals surface area contributed by atoms with Crippen molar-refractivity contribution >= 4 is 32.7 Å². The second-order valence-electron chi connectivity index (χ2n) is 10.9. The first-order valence-electron chi connectivity index (χ1n) is 12.2. The van der Waals surface area contributed by atoms with Crippen molar-refractivity contribution in [2.45, 2.75) is 69.9 Å². The van der Waals surface area contributed by atoms with Crippen molar-refractivity contribution in [2.75, 3.05) is 5.32 Å². The average molecular weight is 546 g/mol. The number of carbonyl (C=O) groups excluding carboxylic acids is 1. The number of nitrogens with one attached hydrogen (secondary N) is 1. The van der Waals surface area contributed by atoms with Crippen LogP contribution in [0.5, 0.6) is 0 Å². The minimum atomic E-state index is -9.95. The van der Waals surface area contributed by atoms with Crippen LogP contribution in [0.3, 0.4) is 0 Å². The molecule has 2 N–H and O–H groups in total. The fourth-order valence-electron chi connectivity index (χ4n) is 4.99. The van der Waals surface area contributed by atoms with Crippen molar-refractivity contribution in [1.82, 2.24) is 9.78 Å². The zero-order chi connectivity index (χ0) is 27.5. The summed E-state index contributed by atoms with van der Waals surface area (Å²) in [6.07, 6.45) is 6.04. The third-order valence-corrected chi connectivity index (χ3v) is 8.31. The molecule has 0 atom stereocenters. The molecule has 1 fully saturated rings. The smallest absolute Gasteiger partial charge is 0.310 e. The minimum absolute atomic E-state index is 0.144. The van der Waals surface area contributed by atoms with E-state index in [0.717, 1.165) is 37.8 Å². The fourth-order valence-corrected chi connectivity index (χ4v) is 5.68. The largest absolute Gasteiger partial charge is 0.386 e. The first-order chi connectivity index (χ1) is 16.8. The summed E-state index contributed by atoms with van der Waals surface area (Å²) in [5.41, 5.74) is -0.951. The quantitative estimate of drug-likeness (QED) is 0.305. The first-order valence-corrected chi connectivity index (χ1v) is 14.2. The third-order valence-electron chi connectivity index (χ3n) is 7.17. The standard InChI is InChI=1S/C26H32F5N3O2S/c1-16(2)17-8-10-20(11-9-17)34-15-19-13-24(22(26(3,4)36)14-23(19)33-34)32-25(35)18-6-5-7-21(12-18)37(27,28,29,30)31/h5-7,12-17,20,36H,8-11H2,1-4H3,(H,32,35). The molecule has 1 aliphatic carbocycles. The van der Waals surface area contributed by atoms with Crippen LogP contribution in [0.25, 0.3) is 10.9 Å². The molecule has 4 rings (SSSR count). The Hall–Kier alpha value is -2.66. The van der Waals surface area contributed by atoms with Crippen LogP contribution in [0.2, 0.25) is 0 Å². The Labute approximate surface area is 212 Å². The summed E-state index contributed by atoms with van der Waals surface area (Å²) >= 11 is 0. The van der Waals surface area contributed by atoms with Crippen molar-refractivity contribution in [3.63, 3.8) is 0 Å². The van der Waals surface area contributed by atoms with E-state index in [1.54, 1.807) is 12.1 Å². The van der Waals surface area contributed by atoms with E-state index in [1.165, 1.54) is 13.8 Å². The van der Waals surface area contributed by atoms with Crippen molar-refractivity contribution in [3.8, 4) is 0 Å². The number of aliphatic hydroxyl groups is 1. The van der Waals surface area contributed by atoms with Crippen molar-refractivity contribution in [1.29, 1.82) is 0 Å². The maximum atomic E-state index is 13.3. The van der Waals surface area contributed by atoms with Gasteiger partial charge in [0.1, 0.15) is 4.90 Å². The zero-order valence-electron chi connectivity index (χ0n) is 21.1. The van der Waals surface area contributed by atoms with Crippen molar-refractivity contribution in [3.05, 3.63) is 53.7 Å². The molecule has 1 heterocycles. The Kier molecular flexibility index (Phi) is 6.23.